The molecule has 0 amide bonds. The van der Waals surface area contributed by atoms with Crippen LogP contribution in [0, 0.1) is 23.3 Å². The van der Waals surface area contributed by atoms with E-state index in [0.29, 0.717) is 16.5 Å². The van der Waals surface area contributed by atoms with Crippen LogP contribution in [-0.4, -0.2) is 0 Å². The van der Waals surface area contributed by atoms with Gasteiger partial charge in [0.25, 0.3) is 0 Å². The highest BCUT2D eigenvalue weighted by Crippen LogP contribution is 2.33. The summed E-state index contributed by atoms with van der Waals surface area (Å²) in [4.78, 5) is 0. The molecule has 0 atom stereocenters. The van der Waals surface area contributed by atoms with Crippen molar-refractivity contribution in [1.82, 2.24) is 0 Å². The Morgan fingerprint density at radius 2 is 1.33 bits per heavy atom. The van der Waals surface area contributed by atoms with Crippen LogP contribution in [0.2, 0.25) is 0 Å². The molecule has 4 heteroatoms. The smallest absolute Gasteiger partial charge is 0.159 e. The SMILES string of the molecule is CCCCc1ccc2c(F)c(-c3ccc(-c4ccc(F)c(F)c4)c(F)c3)ccc2c1. The van der Waals surface area contributed by atoms with Gasteiger partial charge in [0, 0.05) is 16.5 Å². The zero-order valence-electron chi connectivity index (χ0n) is 16.5. The average molecular weight is 408 g/mol. The number of halogens is 4. The van der Waals surface area contributed by atoms with Crippen LogP contribution < -0.4 is 0 Å². The van der Waals surface area contributed by atoms with E-state index in [-0.39, 0.29) is 11.1 Å². The first-order valence-corrected chi connectivity index (χ1v) is 9.94. The summed E-state index contributed by atoms with van der Waals surface area (Å²) in [6.07, 6.45) is 3.12. The first kappa shape index (κ1) is 20.1. The first-order valence-electron chi connectivity index (χ1n) is 9.94. The quantitative estimate of drug-likeness (QED) is 0.293. The summed E-state index contributed by atoms with van der Waals surface area (Å²) < 4.78 is 56.5. The molecule has 0 nitrogen and oxygen atoms in total. The van der Waals surface area contributed by atoms with Crippen LogP contribution in [0.15, 0.2) is 66.7 Å². The van der Waals surface area contributed by atoms with Gasteiger partial charge in [0.2, 0.25) is 0 Å². The largest absolute Gasteiger partial charge is 0.206 e. The van der Waals surface area contributed by atoms with Crippen molar-refractivity contribution in [2.24, 2.45) is 0 Å². The molecule has 0 unspecified atom stereocenters. The standard InChI is InChI=1S/C26H20F4/c1-2-3-4-16-5-9-21-17(13-16)7-11-22(26(21)30)19-6-10-20(24(28)14-19)18-8-12-23(27)25(29)15-18/h5-15H,2-4H2,1H3. The molecule has 0 aliphatic carbocycles. The number of unbranched alkanes of at least 4 members (excludes halogenated alkanes) is 1. The Labute approximate surface area is 172 Å². The topological polar surface area (TPSA) is 0 Å². The van der Waals surface area contributed by atoms with E-state index in [2.05, 4.69) is 6.92 Å². The Kier molecular flexibility index (Phi) is 5.58. The third kappa shape index (κ3) is 3.82. The lowest BCUT2D eigenvalue weighted by molar-refractivity contribution is 0.509. The summed E-state index contributed by atoms with van der Waals surface area (Å²) in [6.45, 7) is 2.13. The van der Waals surface area contributed by atoms with Gasteiger partial charge in [-0.15, -0.1) is 0 Å². The fourth-order valence-electron chi connectivity index (χ4n) is 3.68. The van der Waals surface area contributed by atoms with Crippen LogP contribution in [-0.2, 0) is 6.42 Å². The van der Waals surface area contributed by atoms with Crippen LogP contribution in [0.3, 0.4) is 0 Å². The van der Waals surface area contributed by atoms with Gasteiger partial charge in [-0.2, -0.15) is 0 Å². The maximum atomic E-state index is 15.2. The fourth-order valence-corrected chi connectivity index (χ4v) is 3.68. The molecule has 30 heavy (non-hydrogen) atoms. The minimum Gasteiger partial charge on any atom is -0.206 e. The average Bonchev–Trinajstić information content (AvgIpc) is 2.74. The van der Waals surface area contributed by atoms with Crippen molar-refractivity contribution >= 4 is 10.8 Å². The zero-order chi connectivity index (χ0) is 21.3. The van der Waals surface area contributed by atoms with Gasteiger partial charge in [-0.1, -0.05) is 61.9 Å². The van der Waals surface area contributed by atoms with Crippen molar-refractivity contribution in [3.8, 4) is 22.3 Å². The highest BCUT2D eigenvalue weighted by molar-refractivity contribution is 5.89. The molecule has 0 aromatic heterocycles. The lowest BCUT2D eigenvalue weighted by Gasteiger charge is -2.11. The van der Waals surface area contributed by atoms with Gasteiger partial charge < -0.3 is 0 Å². The molecule has 4 aromatic rings. The van der Waals surface area contributed by atoms with E-state index in [0.717, 1.165) is 36.8 Å². The van der Waals surface area contributed by atoms with E-state index in [9.17, 15) is 13.2 Å². The summed E-state index contributed by atoms with van der Waals surface area (Å²) in [5.41, 5.74) is 2.18. The summed E-state index contributed by atoms with van der Waals surface area (Å²) >= 11 is 0. The second kappa shape index (κ2) is 8.31. The zero-order valence-corrected chi connectivity index (χ0v) is 16.5. The summed E-state index contributed by atoms with van der Waals surface area (Å²) in [7, 11) is 0. The predicted octanol–water partition coefficient (Wildman–Crippen LogP) is 8.07. The van der Waals surface area contributed by atoms with Crippen molar-refractivity contribution in [3.05, 3.63) is 95.6 Å². The fraction of sp³-hybridized carbons (Fsp3) is 0.154. The molecule has 152 valence electrons. The van der Waals surface area contributed by atoms with Crippen LogP contribution in [0.4, 0.5) is 17.6 Å². The molecule has 0 fully saturated rings. The third-order valence-electron chi connectivity index (χ3n) is 5.35. The summed E-state index contributed by atoms with van der Waals surface area (Å²) in [6, 6.07) is 16.6. The Balaban J connectivity index is 1.72. The van der Waals surface area contributed by atoms with Crippen LogP contribution in [0.5, 0.6) is 0 Å². The van der Waals surface area contributed by atoms with Crippen molar-refractivity contribution in [2.75, 3.05) is 0 Å². The molecule has 0 saturated heterocycles. The van der Waals surface area contributed by atoms with E-state index >= 15 is 4.39 Å². The minimum absolute atomic E-state index is 0.124. The molecule has 4 rings (SSSR count). The highest BCUT2D eigenvalue weighted by atomic mass is 19.2. The third-order valence-corrected chi connectivity index (χ3v) is 5.35. The highest BCUT2D eigenvalue weighted by Gasteiger charge is 2.14. The number of rotatable bonds is 5. The van der Waals surface area contributed by atoms with Gasteiger partial charge >= 0.3 is 0 Å². The van der Waals surface area contributed by atoms with Crippen molar-refractivity contribution in [3.63, 3.8) is 0 Å². The Bertz CT molecular complexity index is 1230. The molecule has 0 aliphatic heterocycles. The number of hydrogen-bond acceptors (Lipinski definition) is 0. The van der Waals surface area contributed by atoms with E-state index in [1.54, 1.807) is 18.2 Å². The monoisotopic (exact) mass is 408 g/mol. The number of aryl methyl sites for hydroxylation is 1. The summed E-state index contributed by atoms with van der Waals surface area (Å²) in [5.74, 6) is -3.08. The normalized spacial score (nSPS) is 11.2. The molecule has 0 spiro atoms. The number of benzene rings is 4. The van der Waals surface area contributed by atoms with Gasteiger partial charge in [0.05, 0.1) is 0 Å². The molecule has 0 aliphatic rings. The summed E-state index contributed by atoms with van der Waals surface area (Å²) in [5, 5.41) is 1.29. The minimum atomic E-state index is -1.05. The molecule has 0 bridgehead atoms. The molecule has 0 N–H and O–H groups in total. The van der Waals surface area contributed by atoms with Crippen LogP contribution in [0.1, 0.15) is 25.3 Å². The molecule has 0 heterocycles. The van der Waals surface area contributed by atoms with Crippen molar-refractivity contribution in [2.45, 2.75) is 26.2 Å². The Morgan fingerprint density at radius 1 is 0.633 bits per heavy atom. The van der Waals surface area contributed by atoms with Crippen molar-refractivity contribution < 1.29 is 17.6 Å². The maximum absolute atomic E-state index is 15.2. The second-order valence-electron chi connectivity index (χ2n) is 7.41. The van der Waals surface area contributed by atoms with E-state index in [4.69, 9.17) is 0 Å². The Hall–Kier alpha value is -3.14. The maximum Gasteiger partial charge on any atom is 0.159 e. The Morgan fingerprint density at radius 3 is 2.07 bits per heavy atom. The van der Waals surface area contributed by atoms with Crippen LogP contribution >= 0.6 is 0 Å². The van der Waals surface area contributed by atoms with Gasteiger partial charge in [0.15, 0.2) is 11.6 Å². The number of hydrogen-bond donors (Lipinski definition) is 0. The number of fused-ring (bicyclic) bond motifs is 1. The molecule has 0 saturated carbocycles. The second-order valence-corrected chi connectivity index (χ2v) is 7.41. The lowest BCUT2D eigenvalue weighted by atomic mass is 9.96. The molecular formula is C26H20F4. The predicted molar refractivity (Wildman–Crippen MR) is 113 cm³/mol. The van der Waals surface area contributed by atoms with E-state index in [1.807, 2.05) is 18.2 Å². The van der Waals surface area contributed by atoms with E-state index < -0.39 is 23.3 Å². The van der Waals surface area contributed by atoms with Gasteiger partial charge in [-0.3, -0.25) is 0 Å². The van der Waals surface area contributed by atoms with Crippen molar-refractivity contribution in [1.29, 1.82) is 0 Å². The first-order chi connectivity index (χ1) is 14.5. The van der Waals surface area contributed by atoms with E-state index in [1.165, 1.54) is 23.8 Å². The molecular weight excluding hydrogens is 388 g/mol. The molecule has 0 radical (unpaired) electrons. The van der Waals surface area contributed by atoms with Gasteiger partial charge in [-0.05, 0) is 53.1 Å². The van der Waals surface area contributed by atoms with Crippen LogP contribution in [0.25, 0.3) is 33.0 Å². The van der Waals surface area contributed by atoms with Gasteiger partial charge in [0.1, 0.15) is 11.6 Å². The lowest BCUT2D eigenvalue weighted by Crippen LogP contribution is -1.92. The van der Waals surface area contributed by atoms with Gasteiger partial charge in [-0.25, -0.2) is 17.6 Å². The molecule has 4 aromatic carbocycles.